The number of aliphatic hydroxyl groups is 1. The number of nitrogens with zero attached hydrogens (tertiary/aromatic N) is 2. The first-order valence-electron chi connectivity index (χ1n) is 8.03. The smallest absolute Gasteiger partial charge is 0.363 e. The molecule has 0 aliphatic carbocycles. The Labute approximate surface area is 163 Å². The molecular weight excluding hydrogens is 397 g/mol. The van der Waals surface area contributed by atoms with Crippen molar-refractivity contribution < 1.29 is 23.1 Å². The molecule has 0 unspecified atom stereocenters. The maximum atomic E-state index is 14.1. The van der Waals surface area contributed by atoms with E-state index in [2.05, 4.69) is 0 Å². The summed E-state index contributed by atoms with van der Waals surface area (Å²) < 4.78 is 42.3. The molecule has 0 radical (unpaired) electrons. The number of halogens is 3. The Kier molecular flexibility index (Phi) is 5.04. The number of ketones is 1. The molecule has 9 heteroatoms. The van der Waals surface area contributed by atoms with Gasteiger partial charge in [0.15, 0.2) is 10.9 Å². The number of carbonyl (C=O) groups is 1. The van der Waals surface area contributed by atoms with Crippen LogP contribution in [0.5, 0.6) is 0 Å². The Hall–Kier alpha value is -1.97. The van der Waals surface area contributed by atoms with Gasteiger partial charge in [0.25, 0.3) is 5.72 Å². The lowest BCUT2D eigenvalue weighted by Crippen LogP contribution is -2.72. The van der Waals surface area contributed by atoms with Crippen LogP contribution in [-0.2, 0) is 0 Å². The molecule has 1 aromatic carbocycles. The molecule has 1 aliphatic heterocycles. The van der Waals surface area contributed by atoms with Gasteiger partial charge in [-0.2, -0.15) is 13.2 Å². The number of hydrogen-bond donors (Lipinski definition) is 1. The predicted molar refractivity (Wildman–Crippen MR) is 100 cm³/mol. The minimum absolute atomic E-state index is 0.151. The number of thiophene rings is 1. The number of thiocarbonyl (C=S) groups is 1. The van der Waals surface area contributed by atoms with Gasteiger partial charge >= 0.3 is 6.18 Å². The van der Waals surface area contributed by atoms with Gasteiger partial charge in [0.1, 0.15) is 5.92 Å². The fourth-order valence-corrected chi connectivity index (χ4v) is 4.44. The van der Waals surface area contributed by atoms with Crippen LogP contribution in [0.15, 0.2) is 47.8 Å². The van der Waals surface area contributed by atoms with E-state index in [4.69, 9.17) is 12.2 Å². The third-order valence-electron chi connectivity index (χ3n) is 4.87. The second kappa shape index (κ2) is 6.88. The van der Waals surface area contributed by atoms with Gasteiger partial charge in [0, 0.05) is 14.1 Å². The van der Waals surface area contributed by atoms with Crippen LogP contribution in [0, 0.1) is 5.92 Å². The first-order chi connectivity index (χ1) is 12.6. The molecule has 1 fully saturated rings. The van der Waals surface area contributed by atoms with Gasteiger partial charge in [-0.1, -0.05) is 36.4 Å². The molecule has 1 saturated heterocycles. The molecule has 1 aliphatic rings. The fourth-order valence-electron chi connectivity index (χ4n) is 3.48. The minimum Gasteiger partial charge on any atom is -0.363 e. The lowest BCUT2D eigenvalue weighted by molar-refractivity contribution is -0.324. The normalized spacial score (nSPS) is 26.4. The summed E-state index contributed by atoms with van der Waals surface area (Å²) >= 11 is 6.21. The van der Waals surface area contributed by atoms with Crippen LogP contribution < -0.4 is 0 Å². The van der Waals surface area contributed by atoms with Crippen molar-refractivity contribution in [1.82, 2.24) is 9.80 Å². The molecule has 0 saturated carbocycles. The summed E-state index contributed by atoms with van der Waals surface area (Å²) in [4.78, 5) is 15.3. The first kappa shape index (κ1) is 19.8. The highest BCUT2D eigenvalue weighted by molar-refractivity contribution is 7.80. The van der Waals surface area contributed by atoms with Crippen molar-refractivity contribution in [2.75, 3.05) is 14.1 Å². The quantitative estimate of drug-likeness (QED) is 0.613. The standard InChI is InChI=1S/C18H17F3N2O2S2/c1-22-14(11-7-4-3-5-8-11)13(15(24)12-9-6-10-27-12)17(25,18(19,20)21)23(2)16(22)26/h3-10,13-14,25H,1-2H3/t13-,14-,17-/m0/s1. The highest BCUT2D eigenvalue weighted by Gasteiger charge is 2.69. The fraction of sp³-hybridized carbons (Fsp3) is 0.333. The summed E-state index contributed by atoms with van der Waals surface area (Å²) in [5, 5.41) is 12.3. The summed E-state index contributed by atoms with van der Waals surface area (Å²) in [6, 6.07) is 10.3. The van der Waals surface area contributed by atoms with Crippen LogP contribution in [0.3, 0.4) is 0 Å². The maximum Gasteiger partial charge on any atom is 0.437 e. The summed E-state index contributed by atoms with van der Waals surface area (Å²) in [6.07, 6.45) is -5.10. The Morgan fingerprint density at radius 2 is 1.81 bits per heavy atom. The highest BCUT2D eigenvalue weighted by Crippen LogP contribution is 2.50. The molecule has 0 spiro atoms. The van der Waals surface area contributed by atoms with Crippen LogP contribution in [0.25, 0.3) is 0 Å². The van der Waals surface area contributed by atoms with Crippen LogP contribution in [0.1, 0.15) is 21.3 Å². The Morgan fingerprint density at radius 1 is 1.19 bits per heavy atom. The third-order valence-corrected chi connectivity index (χ3v) is 6.32. The average molecular weight is 414 g/mol. The van der Waals surface area contributed by atoms with E-state index in [1.54, 1.807) is 41.8 Å². The lowest BCUT2D eigenvalue weighted by atomic mass is 9.77. The van der Waals surface area contributed by atoms with Gasteiger partial charge in [-0.15, -0.1) is 11.3 Å². The van der Waals surface area contributed by atoms with E-state index in [-0.39, 0.29) is 9.99 Å². The monoisotopic (exact) mass is 414 g/mol. The van der Waals surface area contributed by atoms with Crippen molar-refractivity contribution in [3.05, 3.63) is 58.3 Å². The van der Waals surface area contributed by atoms with Crippen LogP contribution in [-0.4, -0.2) is 51.8 Å². The Balaban J connectivity index is 2.25. The Bertz CT molecular complexity index is 842. The van der Waals surface area contributed by atoms with E-state index in [9.17, 15) is 23.1 Å². The SMILES string of the molecule is CN1C(=S)N(C)[C@@](O)(C(F)(F)F)[C@H](C(=O)c2cccs2)[C@@H]1c1ccccc1. The summed E-state index contributed by atoms with van der Waals surface area (Å²) in [7, 11) is 2.59. The van der Waals surface area contributed by atoms with E-state index in [0.29, 0.717) is 10.5 Å². The molecule has 3 rings (SSSR count). The van der Waals surface area contributed by atoms with E-state index in [1.807, 2.05) is 0 Å². The number of benzene rings is 1. The van der Waals surface area contributed by atoms with E-state index in [0.717, 1.165) is 18.4 Å². The second-order valence-electron chi connectivity index (χ2n) is 6.35. The summed E-state index contributed by atoms with van der Waals surface area (Å²) in [5.74, 6) is -2.60. The summed E-state index contributed by atoms with van der Waals surface area (Å²) in [5.41, 5.74) is -2.97. The molecule has 2 heterocycles. The molecule has 4 nitrogen and oxygen atoms in total. The molecule has 2 aromatic rings. The van der Waals surface area contributed by atoms with E-state index < -0.39 is 29.6 Å². The molecule has 27 heavy (non-hydrogen) atoms. The van der Waals surface area contributed by atoms with Crippen LogP contribution in [0.4, 0.5) is 13.2 Å². The zero-order chi connectivity index (χ0) is 20.0. The molecule has 3 atom stereocenters. The zero-order valence-corrected chi connectivity index (χ0v) is 16.1. The second-order valence-corrected chi connectivity index (χ2v) is 7.66. The van der Waals surface area contributed by atoms with Crippen LogP contribution in [0.2, 0.25) is 0 Å². The Morgan fingerprint density at radius 3 is 2.33 bits per heavy atom. The number of hydrogen-bond acceptors (Lipinski definition) is 4. The van der Waals surface area contributed by atoms with Crippen LogP contribution >= 0.6 is 23.6 Å². The molecule has 0 bridgehead atoms. The van der Waals surface area contributed by atoms with Gasteiger partial charge in [0.2, 0.25) is 0 Å². The molecular formula is C18H17F3N2O2S2. The van der Waals surface area contributed by atoms with Crippen molar-refractivity contribution in [3.63, 3.8) is 0 Å². The molecule has 1 N–H and O–H groups in total. The van der Waals surface area contributed by atoms with Crippen molar-refractivity contribution in [3.8, 4) is 0 Å². The van der Waals surface area contributed by atoms with Gasteiger partial charge in [-0.05, 0) is 29.2 Å². The number of rotatable bonds is 3. The summed E-state index contributed by atoms with van der Waals surface area (Å²) in [6.45, 7) is 0. The number of carbonyl (C=O) groups excluding carboxylic acids is 1. The zero-order valence-electron chi connectivity index (χ0n) is 14.5. The third kappa shape index (κ3) is 3.03. The van der Waals surface area contributed by atoms with Gasteiger partial charge in [-0.3, -0.25) is 4.79 Å². The van der Waals surface area contributed by atoms with Gasteiger partial charge in [0.05, 0.1) is 10.9 Å². The molecule has 1 aromatic heterocycles. The van der Waals surface area contributed by atoms with E-state index >= 15 is 0 Å². The topological polar surface area (TPSA) is 43.8 Å². The number of alkyl halides is 3. The molecule has 144 valence electrons. The number of Topliss-reactive ketones (excluding diaryl/α,β-unsaturated/α-hetero) is 1. The van der Waals surface area contributed by atoms with Gasteiger partial charge in [-0.25, -0.2) is 0 Å². The lowest BCUT2D eigenvalue weighted by Gasteiger charge is -2.54. The predicted octanol–water partition coefficient (Wildman–Crippen LogP) is 3.70. The average Bonchev–Trinajstić information content (AvgIpc) is 3.16. The van der Waals surface area contributed by atoms with Crippen molar-refractivity contribution in [1.29, 1.82) is 0 Å². The minimum atomic E-state index is -5.10. The largest absolute Gasteiger partial charge is 0.437 e. The highest BCUT2D eigenvalue weighted by atomic mass is 32.1. The molecule has 0 amide bonds. The maximum absolute atomic E-state index is 14.1. The van der Waals surface area contributed by atoms with Crippen molar-refractivity contribution in [2.45, 2.75) is 17.9 Å². The first-order valence-corrected chi connectivity index (χ1v) is 9.32. The van der Waals surface area contributed by atoms with E-state index in [1.165, 1.54) is 18.0 Å². The van der Waals surface area contributed by atoms with Crippen molar-refractivity contribution >= 4 is 34.5 Å². The van der Waals surface area contributed by atoms with Crippen molar-refractivity contribution in [2.24, 2.45) is 5.92 Å². The van der Waals surface area contributed by atoms with Gasteiger partial charge < -0.3 is 14.9 Å².